The highest BCUT2D eigenvalue weighted by molar-refractivity contribution is 5.48. The highest BCUT2D eigenvalue weighted by Crippen LogP contribution is 2.03. The van der Waals surface area contributed by atoms with E-state index in [0.717, 1.165) is 6.41 Å². The Bertz CT molecular complexity index is 87.0. The molecule has 0 fully saturated rings. The van der Waals surface area contributed by atoms with E-state index >= 15 is 0 Å². The molecular formula is C5H8F2NO. The van der Waals surface area contributed by atoms with E-state index in [-0.39, 0.29) is 0 Å². The van der Waals surface area contributed by atoms with E-state index in [9.17, 15) is 13.6 Å². The average molecular weight is 136 g/mol. The predicted octanol–water partition coefficient (Wildman–Crippen LogP) is 0.987. The van der Waals surface area contributed by atoms with Crippen LogP contribution in [0.25, 0.3) is 0 Å². The third-order valence-corrected chi connectivity index (χ3v) is 0.872. The Morgan fingerprint density at radius 3 is 1.89 bits per heavy atom. The number of rotatable bonds is 3. The van der Waals surface area contributed by atoms with Crippen LogP contribution in [0.5, 0.6) is 0 Å². The summed E-state index contributed by atoms with van der Waals surface area (Å²) in [6.45, 7) is 0.260. The van der Waals surface area contributed by atoms with Crippen LogP contribution in [0, 0.1) is 0 Å². The molecule has 1 amide bonds. The molecule has 2 nitrogen and oxygen atoms in total. The molecule has 0 unspecified atom stereocenters. The van der Waals surface area contributed by atoms with Crippen molar-refractivity contribution < 1.29 is 13.6 Å². The van der Waals surface area contributed by atoms with Gasteiger partial charge in [0.1, 0.15) is 0 Å². The van der Waals surface area contributed by atoms with Crippen molar-refractivity contribution in [1.29, 1.82) is 0 Å². The molecule has 4 heteroatoms. The number of nitrogens with zero attached hydrogens (tertiary/aromatic N) is 1. The van der Waals surface area contributed by atoms with Gasteiger partial charge in [-0.15, -0.1) is 0 Å². The maximum atomic E-state index is 11.6. The molecule has 0 saturated heterocycles. The minimum Gasteiger partial charge on any atom is -0.275 e. The highest BCUT2D eigenvalue weighted by atomic mass is 19.3. The molecule has 53 valence electrons. The maximum Gasteiger partial charge on any atom is 0.318 e. The zero-order valence-electron chi connectivity index (χ0n) is 5.27. The van der Waals surface area contributed by atoms with E-state index in [4.69, 9.17) is 0 Å². The van der Waals surface area contributed by atoms with Gasteiger partial charge in [0, 0.05) is 6.04 Å². The summed E-state index contributed by atoms with van der Waals surface area (Å²) in [5.74, 6) is 0. The van der Waals surface area contributed by atoms with Gasteiger partial charge in [-0.2, -0.15) is 8.78 Å². The Morgan fingerprint density at radius 2 is 1.89 bits per heavy atom. The predicted molar refractivity (Wildman–Crippen MR) is 28.7 cm³/mol. The summed E-state index contributed by atoms with van der Waals surface area (Å²) >= 11 is 0. The molecule has 0 atom stereocenters. The van der Waals surface area contributed by atoms with Gasteiger partial charge in [-0.05, 0) is 13.8 Å². The molecule has 0 saturated carbocycles. The molecule has 0 spiro atoms. The van der Waals surface area contributed by atoms with Crippen molar-refractivity contribution in [2.45, 2.75) is 26.4 Å². The van der Waals surface area contributed by atoms with Gasteiger partial charge in [0.15, 0.2) is 0 Å². The van der Waals surface area contributed by atoms with Gasteiger partial charge < -0.3 is 0 Å². The first-order chi connectivity index (χ1) is 4.09. The lowest BCUT2D eigenvalue weighted by molar-refractivity contribution is 0.00324. The van der Waals surface area contributed by atoms with Crippen molar-refractivity contribution in [1.82, 2.24) is 4.90 Å². The minimum atomic E-state index is -2.73. The lowest BCUT2D eigenvalue weighted by Gasteiger charge is -2.18. The van der Waals surface area contributed by atoms with Crippen LogP contribution in [-0.4, -0.2) is 23.9 Å². The Kier molecular flexibility index (Phi) is 3.12. The molecule has 0 rings (SSSR count). The first kappa shape index (κ1) is 8.33. The van der Waals surface area contributed by atoms with Crippen LogP contribution < -0.4 is 0 Å². The Hall–Kier alpha value is -0.670. The first-order valence-electron chi connectivity index (χ1n) is 2.54. The van der Waals surface area contributed by atoms with Crippen LogP contribution in [0.4, 0.5) is 8.78 Å². The number of hydrogen-bond donors (Lipinski definition) is 0. The number of halogens is 2. The normalized spacial score (nSPS) is 10.4. The van der Waals surface area contributed by atoms with Crippen LogP contribution in [0.15, 0.2) is 0 Å². The molecule has 0 bridgehead atoms. The third kappa shape index (κ3) is 2.39. The summed E-state index contributed by atoms with van der Waals surface area (Å²) in [6.07, 6.45) is 1.13. The zero-order valence-corrected chi connectivity index (χ0v) is 5.27. The topological polar surface area (TPSA) is 20.3 Å². The summed E-state index contributed by atoms with van der Waals surface area (Å²) in [6, 6.07) is -0.484. The molecule has 0 aliphatic heterocycles. The van der Waals surface area contributed by atoms with Crippen molar-refractivity contribution in [3.05, 3.63) is 0 Å². The van der Waals surface area contributed by atoms with E-state index in [1.165, 1.54) is 13.8 Å². The van der Waals surface area contributed by atoms with Gasteiger partial charge in [-0.3, -0.25) is 9.69 Å². The van der Waals surface area contributed by atoms with Gasteiger partial charge >= 0.3 is 13.0 Å². The monoisotopic (exact) mass is 136 g/mol. The summed E-state index contributed by atoms with van der Waals surface area (Å²) in [5, 5.41) is 0. The third-order valence-electron chi connectivity index (χ3n) is 0.872. The van der Waals surface area contributed by atoms with Crippen LogP contribution >= 0.6 is 0 Å². The largest absolute Gasteiger partial charge is 0.318 e. The van der Waals surface area contributed by atoms with E-state index in [2.05, 4.69) is 0 Å². The maximum absolute atomic E-state index is 11.6. The van der Waals surface area contributed by atoms with Crippen molar-refractivity contribution in [3.63, 3.8) is 0 Å². The zero-order chi connectivity index (χ0) is 7.44. The van der Waals surface area contributed by atoms with Crippen molar-refractivity contribution in [3.8, 4) is 0 Å². The molecule has 1 radical (unpaired) electrons. The summed E-state index contributed by atoms with van der Waals surface area (Å²) in [4.78, 5) is 10.0. The van der Waals surface area contributed by atoms with Crippen molar-refractivity contribution >= 4 is 6.41 Å². The van der Waals surface area contributed by atoms with E-state index in [1.54, 1.807) is 0 Å². The van der Waals surface area contributed by atoms with E-state index in [0.29, 0.717) is 4.90 Å². The first-order valence-corrected chi connectivity index (χ1v) is 2.54. The standard InChI is InChI=1S/C5H8F2NO/c1-4(2)8(3-9)5(6)7/h4-5H,1-2H3. The summed E-state index contributed by atoms with van der Waals surface area (Å²) in [5.41, 5.74) is 0. The molecule has 0 heterocycles. The quantitative estimate of drug-likeness (QED) is 0.418. The lowest BCUT2D eigenvalue weighted by Crippen LogP contribution is -2.33. The van der Waals surface area contributed by atoms with Gasteiger partial charge in [0.25, 0.3) is 0 Å². The van der Waals surface area contributed by atoms with Crippen LogP contribution in [0.3, 0.4) is 0 Å². The van der Waals surface area contributed by atoms with Gasteiger partial charge in [-0.25, -0.2) is 0 Å². The van der Waals surface area contributed by atoms with E-state index in [1.807, 2.05) is 0 Å². The molecule has 9 heavy (non-hydrogen) atoms. The van der Waals surface area contributed by atoms with Gasteiger partial charge in [-0.1, -0.05) is 0 Å². The number of alkyl halides is 2. The summed E-state index contributed by atoms with van der Waals surface area (Å²) in [7, 11) is 0. The molecule has 0 aliphatic rings. The second-order valence-electron chi connectivity index (χ2n) is 1.87. The highest BCUT2D eigenvalue weighted by Gasteiger charge is 2.17. The number of amides is 1. The molecule has 0 aliphatic carbocycles. The van der Waals surface area contributed by atoms with Crippen molar-refractivity contribution in [2.24, 2.45) is 0 Å². The molecule has 0 aromatic heterocycles. The fraction of sp³-hybridized carbons (Fsp3) is 0.800. The average Bonchev–Trinajstić information content (AvgIpc) is 1.64. The Morgan fingerprint density at radius 1 is 1.44 bits per heavy atom. The SMILES string of the molecule is CC(C)N([C]=O)C(F)F. The minimum absolute atomic E-state index is 0.319. The summed E-state index contributed by atoms with van der Waals surface area (Å²) < 4.78 is 23.2. The molecule has 0 aromatic rings. The fourth-order valence-electron chi connectivity index (χ4n) is 0.371. The van der Waals surface area contributed by atoms with Gasteiger partial charge in [0.2, 0.25) is 0 Å². The second-order valence-corrected chi connectivity index (χ2v) is 1.87. The van der Waals surface area contributed by atoms with E-state index < -0.39 is 12.6 Å². The molecule has 0 aromatic carbocycles. The van der Waals surface area contributed by atoms with Crippen LogP contribution in [0.1, 0.15) is 13.8 Å². The van der Waals surface area contributed by atoms with Crippen molar-refractivity contribution in [2.75, 3.05) is 0 Å². The lowest BCUT2D eigenvalue weighted by atomic mass is 10.4. The fourth-order valence-corrected chi connectivity index (χ4v) is 0.371. The number of carbonyl (C=O) groups excluding carboxylic acids is 1. The Balaban J connectivity index is 3.82. The smallest absolute Gasteiger partial charge is 0.275 e. The molecule has 0 N–H and O–H groups in total. The van der Waals surface area contributed by atoms with Crippen LogP contribution in [-0.2, 0) is 4.79 Å². The molecular weight excluding hydrogens is 128 g/mol. The second kappa shape index (κ2) is 3.37. The van der Waals surface area contributed by atoms with Crippen LogP contribution in [0.2, 0.25) is 0 Å². The number of hydrogen-bond acceptors (Lipinski definition) is 1. The van der Waals surface area contributed by atoms with Gasteiger partial charge in [0.05, 0.1) is 0 Å². The Labute approximate surface area is 52.5 Å².